The van der Waals surface area contributed by atoms with Gasteiger partial charge in [-0.25, -0.2) is 0 Å². The van der Waals surface area contributed by atoms with Gasteiger partial charge in [-0.3, -0.25) is 14.4 Å². The van der Waals surface area contributed by atoms with Crippen LogP contribution in [0.2, 0.25) is 0 Å². The highest BCUT2D eigenvalue weighted by atomic mass is 16.6. The van der Waals surface area contributed by atoms with Crippen LogP contribution in [0.3, 0.4) is 0 Å². The summed E-state index contributed by atoms with van der Waals surface area (Å²) in [4.78, 5) is 38.5. The van der Waals surface area contributed by atoms with Gasteiger partial charge >= 0.3 is 17.9 Å². The highest BCUT2D eigenvalue weighted by Gasteiger charge is 2.20. The molecule has 0 saturated carbocycles. The summed E-state index contributed by atoms with van der Waals surface area (Å²) in [6.07, 6.45) is 85.3. The molecule has 6 heteroatoms. The molecule has 0 rings (SSSR count). The zero-order valence-corrected chi connectivity index (χ0v) is 55.4. The van der Waals surface area contributed by atoms with Gasteiger partial charge in [0.1, 0.15) is 13.2 Å². The van der Waals surface area contributed by atoms with Crippen LogP contribution in [-0.4, -0.2) is 37.2 Å². The van der Waals surface area contributed by atoms with Crippen LogP contribution in [0, 0.1) is 0 Å². The lowest BCUT2D eigenvalue weighted by Gasteiger charge is -2.18. The van der Waals surface area contributed by atoms with Crippen LogP contribution in [-0.2, 0) is 28.6 Å². The summed E-state index contributed by atoms with van der Waals surface area (Å²) in [5, 5.41) is 0. The Labute approximate surface area is 507 Å². The Morgan fingerprint density at radius 1 is 0.235 bits per heavy atom. The largest absolute Gasteiger partial charge is 0.462 e. The molecule has 0 radical (unpaired) electrons. The molecule has 0 aromatic heterocycles. The number of esters is 3. The molecule has 0 aromatic carbocycles. The average Bonchev–Trinajstić information content (AvgIpc) is 3.47. The molecule has 6 nitrogen and oxygen atoms in total. The first kappa shape index (κ1) is 79.2. The standard InChI is InChI=1S/C75H144O6/c1-4-7-10-13-16-19-22-25-28-31-34-37-38-39-42-44-47-50-53-56-59-62-65-68-74(77)80-71-72(81-75(78)69-66-63-60-57-54-51-48-45-41-36-33-30-27-24-21-18-15-12-9-6-3)70-79-73(76)67-64-61-58-55-52-49-46-43-40-35-32-29-26-23-20-17-14-11-8-5-2/h31,34,72H,4-30,32-33,35-71H2,1-3H3/b34-31-. The van der Waals surface area contributed by atoms with Crippen LogP contribution in [0.25, 0.3) is 0 Å². The summed E-state index contributed by atoms with van der Waals surface area (Å²) in [5.41, 5.74) is 0. The fourth-order valence-electron chi connectivity index (χ4n) is 11.7. The van der Waals surface area contributed by atoms with Gasteiger partial charge in [0.05, 0.1) is 0 Å². The Bertz CT molecular complexity index is 1260. The third-order valence-corrected chi connectivity index (χ3v) is 17.3. The number of hydrogen-bond acceptors (Lipinski definition) is 6. The lowest BCUT2D eigenvalue weighted by atomic mass is 10.0. The average molecular weight is 1140 g/mol. The molecule has 0 aliphatic heterocycles. The van der Waals surface area contributed by atoms with Gasteiger partial charge in [-0.2, -0.15) is 0 Å². The molecule has 0 spiro atoms. The van der Waals surface area contributed by atoms with Gasteiger partial charge in [0.2, 0.25) is 0 Å². The smallest absolute Gasteiger partial charge is 0.306 e. The van der Waals surface area contributed by atoms with Crippen LogP contribution in [0.5, 0.6) is 0 Å². The zero-order chi connectivity index (χ0) is 58.5. The molecular weight excluding hydrogens is 997 g/mol. The lowest BCUT2D eigenvalue weighted by Crippen LogP contribution is -2.30. The Hall–Kier alpha value is -1.85. The molecule has 0 amide bonds. The van der Waals surface area contributed by atoms with Crippen molar-refractivity contribution in [1.82, 2.24) is 0 Å². The van der Waals surface area contributed by atoms with Crippen molar-refractivity contribution in [2.75, 3.05) is 13.2 Å². The number of carbonyl (C=O) groups excluding carboxylic acids is 3. The van der Waals surface area contributed by atoms with E-state index in [-0.39, 0.29) is 31.1 Å². The Morgan fingerprint density at radius 2 is 0.407 bits per heavy atom. The second-order valence-electron chi connectivity index (χ2n) is 25.6. The molecular formula is C75H144O6. The van der Waals surface area contributed by atoms with Crippen molar-refractivity contribution in [2.24, 2.45) is 0 Å². The maximum absolute atomic E-state index is 13.0. The van der Waals surface area contributed by atoms with E-state index in [9.17, 15) is 14.4 Å². The maximum Gasteiger partial charge on any atom is 0.306 e. The summed E-state index contributed by atoms with van der Waals surface area (Å²) >= 11 is 0. The summed E-state index contributed by atoms with van der Waals surface area (Å²) in [5.74, 6) is -0.822. The fourth-order valence-corrected chi connectivity index (χ4v) is 11.7. The van der Waals surface area contributed by atoms with E-state index in [1.54, 1.807) is 0 Å². The number of allylic oxidation sites excluding steroid dienone is 2. The molecule has 480 valence electrons. The third kappa shape index (κ3) is 68.8. The minimum Gasteiger partial charge on any atom is -0.462 e. The van der Waals surface area contributed by atoms with Gasteiger partial charge in [0.15, 0.2) is 6.10 Å². The molecule has 0 heterocycles. The minimum atomic E-state index is -0.767. The zero-order valence-electron chi connectivity index (χ0n) is 55.4. The van der Waals surface area contributed by atoms with Crippen LogP contribution < -0.4 is 0 Å². The van der Waals surface area contributed by atoms with Crippen molar-refractivity contribution in [3.63, 3.8) is 0 Å². The number of ether oxygens (including phenoxy) is 3. The van der Waals surface area contributed by atoms with E-state index in [4.69, 9.17) is 14.2 Å². The van der Waals surface area contributed by atoms with E-state index in [2.05, 4.69) is 32.9 Å². The quantitative estimate of drug-likeness (QED) is 0.0261. The normalized spacial score (nSPS) is 12.0. The van der Waals surface area contributed by atoms with Gasteiger partial charge in [-0.1, -0.05) is 380 Å². The summed E-state index contributed by atoms with van der Waals surface area (Å²) < 4.78 is 17.1. The molecule has 0 aliphatic rings. The summed E-state index contributed by atoms with van der Waals surface area (Å²) in [6, 6.07) is 0. The summed E-state index contributed by atoms with van der Waals surface area (Å²) in [6.45, 7) is 6.75. The first-order valence-electron chi connectivity index (χ1n) is 37.2. The molecule has 0 N–H and O–H groups in total. The molecule has 1 unspecified atom stereocenters. The monoisotopic (exact) mass is 1140 g/mol. The van der Waals surface area contributed by atoms with Crippen LogP contribution in [0.1, 0.15) is 432 Å². The number of rotatable bonds is 70. The molecule has 0 aromatic rings. The van der Waals surface area contributed by atoms with E-state index in [1.165, 1.54) is 334 Å². The van der Waals surface area contributed by atoms with Crippen LogP contribution in [0.15, 0.2) is 12.2 Å². The SMILES string of the molecule is CCCCCCCCCC/C=C\CCCCCCCCCCCCCC(=O)OCC(COC(=O)CCCCCCCCCCCCCCCCCCCCCC)OC(=O)CCCCCCCCCCCCCCCCCCCCCC. The number of hydrogen-bond donors (Lipinski definition) is 0. The van der Waals surface area contributed by atoms with Crippen molar-refractivity contribution in [2.45, 2.75) is 438 Å². The predicted molar refractivity (Wildman–Crippen MR) is 353 cm³/mol. The third-order valence-electron chi connectivity index (χ3n) is 17.3. The van der Waals surface area contributed by atoms with E-state index < -0.39 is 6.10 Å². The Morgan fingerprint density at radius 3 is 0.617 bits per heavy atom. The van der Waals surface area contributed by atoms with E-state index >= 15 is 0 Å². The molecule has 0 saturated heterocycles. The molecule has 0 aliphatic carbocycles. The van der Waals surface area contributed by atoms with Gasteiger partial charge < -0.3 is 14.2 Å². The van der Waals surface area contributed by atoms with Crippen molar-refractivity contribution in [1.29, 1.82) is 0 Å². The van der Waals surface area contributed by atoms with Crippen molar-refractivity contribution >= 4 is 17.9 Å². The van der Waals surface area contributed by atoms with Crippen molar-refractivity contribution in [3.05, 3.63) is 12.2 Å². The number of carbonyl (C=O) groups is 3. The second kappa shape index (κ2) is 70.6. The fraction of sp³-hybridized carbons (Fsp3) is 0.933. The highest BCUT2D eigenvalue weighted by Crippen LogP contribution is 2.19. The highest BCUT2D eigenvalue weighted by molar-refractivity contribution is 5.71. The van der Waals surface area contributed by atoms with E-state index in [0.717, 1.165) is 57.8 Å². The molecule has 0 fully saturated rings. The Balaban J connectivity index is 4.28. The lowest BCUT2D eigenvalue weighted by molar-refractivity contribution is -0.167. The van der Waals surface area contributed by atoms with Gasteiger partial charge in [-0.15, -0.1) is 0 Å². The minimum absolute atomic E-state index is 0.0624. The van der Waals surface area contributed by atoms with E-state index in [0.29, 0.717) is 19.3 Å². The first-order valence-corrected chi connectivity index (χ1v) is 37.2. The van der Waals surface area contributed by atoms with Gasteiger partial charge in [0.25, 0.3) is 0 Å². The molecule has 1 atom stereocenters. The first-order chi connectivity index (χ1) is 40.0. The molecule has 0 bridgehead atoms. The van der Waals surface area contributed by atoms with Crippen LogP contribution >= 0.6 is 0 Å². The number of unbranched alkanes of at least 4 members (excludes halogenated alkanes) is 57. The second-order valence-corrected chi connectivity index (χ2v) is 25.6. The van der Waals surface area contributed by atoms with E-state index in [1.807, 2.05) is 0 Å². The molecule has 81 heavy (non-hydrogen) atoms. The van der Waals surface area contributed by atoms with Gasteiger partial charge in [-0.05, 0) is 44.9 Å². The topological polar surface area (TPSA) is 78.9 Å². The van der Waals surface area contributed by atoms with Crippen LogP contribution in [0.4, 0.5) is 0 Å². The van der Waals surface area contributed by atoms with Gasteiger partial charge in [0, 0.05) is 19.3 Å². The Kier molecular flexibility index (Phi) is 69.0. The summed E-state index contributed by atoms with van der Waals surface area (Å²) in [7, 11) is 0. The van der Waals surface area contributed by atoms with Crippen molar-refractivity contribution in [3.8, 4) is 0 Å². The predicted octanol–water partition coefficient (Wildman–Crippen LogP) is 25.6. The van der Waals surface area contributed by atoms with Crippen molar-refractivity contribution < 1.29 is 28.6 Å². The maximum atomic E-state index is 13.0.